The number of anilines is 3. The SMILES string of the molecule is CN(C)c1ccc([N+](=O)[O-])cc1C(=O)Nc1cccc(NC(N)=O)c1. The first-order chi connectivity index (χ1) is 11.8. The van der Waals surface area contributed by atoms with E-state index in [1.807, 2.05) is 0 Å². The predicted molar refractivity (Wildman–Crippen MR) is 95.0 cm³/mol. The van der Waals surface area contributed by atoms with Gasteiger partial charge >= 0.3 is 6.03 Å². The molecule has 0 atom stereocenters. The maximum Gasteiger partial charge on any atom is 0.316 e. The van der Waals surface area contributed by atoms with Crippen LogP contribution in [0.15, 0.2) is 42.5 Å². The maximum atomic E-state index is 12.6. The van der Waals surface area contributed by atoms with E-state index in [-0.39, 0.29) is 11.3 Å². The Morgan fingerprint density at radius 3 is 2.28 bits per heavy atom. The van der Waals surface area contributed by atoms with Crippen molar-refractivity contribution in [3.63, 3.8) is 0 Å². The Morgan fingerprint density at radius 1 is 1.08 bits per heavy atom. The standard InChI is InChI=1S/C16H17N5O4/c1-20(2)14-7-6-12(21(24)25)9-13(14)15(22)18-10-4-3-5-11(8-10)19-16(17)23/h3-9H,1-2H3,(H,18,22)(H3,17,19,23). The number of nitro groups is 1. The molecule has 0 unspecified atom stereocenters. The summed E-state index contributed by atoms with van der Waals surface area (Å²) in [4.78, 5) is 35.6. The van der Waals surface area contributed by atoms with Gasteiger partial charge in [0.15, 0.2) is 0 Å². The van der Waals surface area contributed by atoms with Crippen LogP contribution in [0.25, 0.3) is 0 Å². The van der Waals surface area contributed by atoms with Crippen molar-refractivity contribution in [2.45, 2.75) is 0 Å². The van der Waals surface area contributed by atoms with Crippen molar-refractivity contribution in [1.82, 2.24) is 0 Å². The molecule has 0 saturated carbocycles. The van der Waals surface area contributed by atoms with Crippen LogP contribution in [0, 0.1) is 10.1 Å². The number of nitrogens with two attached hydrogens (primary N) is 1. The molecule has 0 radical (unpaired) electrons. The quantitative estimate of drug-likeness (QED) is 0.567. The molecule has 130 valence electrons. The molecule has 2 aromatic carbocycles. The van der Waals surface area contributed by atoms with Crippen LogP contribution in [0.2, 0.25) is 0 Å². The van der Waals surface area contributed by atoms with Crippen molar-refractivity contribution >= 4 is 34.7 Å². The van der Waals surface area contributed by atoms with Crippen molar-refractivity contribution in [3.05, 3.63) is 58.1 Å². The van der Waals surface area contributed by atoms with E-state index >= 15 is 0 Å². The number of carbonyl (C=O) groups is 2. The summed E-state index contributed by atoms with van der Waals surface area (Å²) in [6, 6.07) is 9.72. The van der Waals surface area contributed by atoms with E-state index in [9.17, 15) is 19.7 Å². The number of nitrogens with zero attached hydrogens (tertiary/aromatic N) is 2. The molecule has 0 aliphatic carbocycles. The van der Waals surface area contributed by atoms with Crippen LogP contribution < -0.4 is 21.3 Å². The first-order valence-corrected chi connectivity index (χ1v) is 7.21. The van der Waals surface area contributed by atoms with Crippen LogP contribution in [-0.2, 0) is 0 Å². The molecule has 0 aromatic heterocycles. The smallest absolute Gasteiger partial charge is 0.316 e. The molecule has 0 fully saturated rings. The van der Waals surface area contributed by atoms with Crippen molar-refractivity contribution in [2.24, 2.45) is 5.73 Å². The topological polar surface area (TPSA) is 131 Å². The Morgan fingerprint density at radius 2 is 1.72 bits per heavy atom. The van der Waals surface area contributed by atoms with E-state index in [1.165, 1.54) is 24.3 Å². The van der Waals surface area contributed by atoms with Crippen LogP contribution in [0.5, 0.6) is 0 Å². The average Bonchev–Trinajstić information content (AvgIpc) is 2.53. The van der Waals surface area contributed by atoms with Gasteiger partial charge in [-0.3, -0.25) is 14.9 Å². The highest BCUT2D eigenvalue weighted by Crippen LogP contribution is 2.25. The monoisotopic (exact) mass is 343 g/mol. The Bertz CT molecular complexity index is 835. The molecule has 0 heterocycles. The van der Waals surface area contributed by atoms with Gasteiger partial charge in [-0.25, -0.2) is 4.79 Å². The lowest BCUT2D eigenvalue weighted by molar-refractivity contribution is -0.384. The van der Waals surface area contributed by atoms with Crippen LogP contribution in [-0.4, -0.2) is 31.0 Å². The predicted octanol–water partition coefficient (Wildman–Crippen LogP) is 2.40. The number of benzene rings is 2. The molecule has 0 aliphatic heterocycles. The highest BCUT2D eigenvalue weighted by molar-refractivity contribution is 6.08. The second-order valence-electron chi connectivity index (χ2n) is 5.38. The molecular formula is C16H17N5O4. The number of nitrogens with one attached hydrogen (secondary N) is 2. The summed E-state index contributed by atoms with van der Waals surface area (Å²) in [7, 11) is 3.46. The minimum absolute atomic E-state index is 0.160. The molecule has 2 rings (SSSR count). The van der Waals surface area contributed by atoms with Gasteiger partial charge in [-0.15, -0.1) is 0 Å². The van der Waals surface area contributed by atoms with Gasteiger partial charge in [-0.05, 0) is 24.3 Å². The number of urea groups is 1. The van der Waals surface area contributed by atoms with E-state index in [0.29, 0.717) is 17.1 Å². The third-order valence-corrected chi connectivity index (χ3v) is 3.31. The van der Waals surface area contributed by atoms with Gasteiger partial charge in [0.05, 0.1) is 10.5 Å². The Labute approximate surface area is 143 Å². The van der Waals surface area contributed by atoms with Gasteiger partial charge in [0.25, 0.3) is 11.6 Å². The zero-order chi connectivity index (χ0) is 18.6. The lowest BCUT2D eigenvalue weighted by Crippen LogP contribution is -2.20. The minimum Gasteiger partial charge on any atom is -0.377 e. The summed E-state index contributed by atoms with van der Waals surface area (Å²) >= 11 is 0. The number of hydrogen-bond acceptors (Lipinski definition) is 5. The fraction of sp³-hybridized carbons (Fsp3) is 0.125. The van der Waals surface area contributed by atoms with Gasteiger partial charge in [0.1, 0.15) is 0 Å². The molecule has 9 heteroatoms. The van der Waals surface area contributed by atoms with E-state index in [0.717, 1.165) is 0 Å². The molecule has 0 aliphatic rings. The van der Waals surface area contributed by atoms with E-state index in [2.05, 4.69) is 10.6 Å². The van der Waals surface area contributed by atoms with Gasteiger partial charge in [-0.2, -0.15) is 0 Å². The minimum atomic E-state index is -0.725. The second-order valence-corrected chi connectivity index (χ2v) is 5.38. The average molecular weight is 343 g/mol. The van der Waals surface area contributed by atoms with Crippen LogP contribution in [0.3, 0.4) is 0 Å². The highest BCUT2D eigenvalue weighted by atomic mass is 16.6. The highest BCUT2D eigenvalue weighted by Gasteiger charge is 2.18. The molecule has 2 aromatic rings. The zero-order valence-corrected chi connectivity index (χ0v) is 13.6. The van der Waals surface area contributed by atoms with E-state index in [4.69, 9.17) is 5.73 Å². The Hall–Kier alpha value is -3.62. The molecule has 0 saturated heterocycles. The fourth-order valence-corrected chi connectivity index (χ4v) is 2.22. The third-order valence-electron chi connectivity index (χ3n) is 3.31. The molecule has 0 spiro atoms. The fourth-order valence-electron chi connectivity index (χ4n) is 2.22. The van der Waals surface area contributed by atoms with Crippen LogP contribution in [0.4, 0.5) is 27.5 Å². The number of hydrogen-bond donors (Lipinski definition) is 3. The summed E-state index contributed by atoms with van der Waals surface area (Å²) < 4.78 is 0. The third kappa shape index (κ3) is 4.44. The first kappa shape index (κ1) is 17.7. The number of nitro benzene ring substituents is 1. The number of carbonyl (C=O) groups excluding carboxylic acids is 2. The van der Waals surface area contributed by atoms with Gasteiger partial charge in [-0.1, -0.05) is 6.07 Å². The molecule has 3 amide bonds. The number of amides is 3. The Kier molecular flexibility index (Phi) is 5.18. The number of rotatable bonds is 5. The first-order valence-electron chi connectivity index (χ1n) is 7.21. The van der Waals surface area contributed by atoms with Gasteiger partial charge in [0.2, 0.25) is 0 Å². The normalized spacial score (nSPS) is 10.0. The van der Waals surface area contributed by atoms with Crippen molar-refractivity contribution in [2.75, 3.05) is 29.6 Å². The van der Waals surface area contributed by atoms with Crippen LogP contribution >= 0.6 is 0 Å². The number of non-ortho nitro benzene ring substituents is 1. The largest absolute Gasteiger partial charge is 0.377 e. The molecule has 4 N–H and O–H groups in total. The Balaban J connectivity index is 2.32. The zero-order valence-electron chi connectivity index (χ0n) is 13.6. The van der Waals surface area contributed by atoms with Crippen molar-refractivity contribution < 1.29 is 14.5 Å². The molecular weight excluding hydrogens is 326 g/mol. The molecule has 0 bridgehead atoms. The van der Waals surface area contributed by atoms with Crippen LogP contribution in [0.1, 0.15) is 10.4 Å². The summed E-state index contributed by atoms with van der Waals surface area (Å²) in [5, 5.41) is 16.0. The lowest BCUT2D eigenvalue weighted by Gasteiger charge is -2.17. The second kappa shape index (κ2) is 7.30. The summed E-state index contributed by atoms with van der Waals surface area (Å²) in [5.74, 6) is -0.511. The lowest BCUT2D eigenvalue weighted by atomic mass is 10.1. The van der Waals surface area contributed by atoms with Crippen molar-refractivity contribution in [3.8, 4) is 0 Å². The molecule has 9 nitrogen and oxygen atoms in total. The summed E-state index contributed by atoms with van der Waals surface area (Å²) in [6.45, 7) is 0. The molecule has 25 heavy (non-hydrogen) atoms. The maximum absolute atomic E-state index is 12.6. The summed E-state index contributed by atoms with van der Waals surface area (Å²) in [6.07, 6.45) is 0. The van der Waals surface area contributed by atoms with Gasteiger partial charge in [0, 0.05) is 43.3 Å². The summed E-state index contributed by atoms with van der Waals surface area (Å²) in [5.41, 5.74) is 6.40. The number of primary amides is 1. The van der Waals surface area contributed by atoms with E-state index < -0.39 is 16.9 Å². The van der Waals surface area contributed by atoms with E-state index in [1.54, 1.807) is 37.2 Å². The van der Waals surface area contributed by atoms with Crippen molar-refractivity contribution in [1.29, 1.82) is 0 Å². The van der Waals surface area contributed by atoms with Gasteiger partial charge < -0.3 is 21.3 Å².